The number of aliphatic hydroxyl groups is 1. The molecule has 2 rings (SSSR count). The minimum Gasteiger partial charge on any atom is -0.471 e. The van der Waals surface area contributed by atoms with Crippen molar-refractivity contribution in [3.05, 3.63) is 39.6 Å². The molecule has 0 spiro atoms. The molecule has 1 heterocycles. The monoisotopic (exact) mass is 446 g/mol. The number of aliphatic hydroxyl groups excluding tert-OH is 1. The summed E-state index contributed by atoms with van der Waals surface area (Å²) in [5, 5.41) is 13.8. The first-order valence-corrected chi connectivity index (χ1v) is 9.01. The third kappa shape index (κ3) is 5.38. The van der Waals surface area contributed by atoms with Crippen LogP contribution in [0.1, 0.15) is 22.3 Å². The van der Waals surface area contributed by atoms with Crippen LogP contribution in [0.3, 0.4) is 0 Å². The summed E-state index contributed by atoms with van der Waals surface area (Å²) < 4.78 is 23.8. The number of carbonyl (C=O) groups excluding carboxylic acids is 2. The smallest absolute Gasteiger partial charge is 0.319 e. The van der Waals surface area contributed by atoms with Crippen molar-refractivity contribution in [2.75, 3.05) is 18.5 Å². The van der Waals surface area contributed by atoms with Crippen LogP contribution in [-0.2, 0) is 6.61 Å². The van der Waals surface area contributed by atoms with Crippen molar-refractivity contribution in [1.82, 2.24) is 9.69 Å². The highest BCUT2D eigenvalue weighted by molar-refractivity contribution is 9.10. The average molecular weight is 447 g/mol. The summed E-state index contributed by atoms with van der Waals surface area (Å²) in [6, 6.07) is 3.90. The van der Waals surface area contributed by atoms with Crippen LogP contribution in [0.15, 0.2) is 22.7 Å². The summed E-state index contributed by atoms with van der Waals surface area (Å²) in [5.74, 6) is -1.40. The Balaban J connectivity index is 2.08. The van der Waals surface area contributed by atoms with E-state index in [4.69, 9.17) is 15.6 Å². The van der Waals surface area contributed by atoms with Crippen molar-refractivity contribution in [3.8, 4) is 5.88 Å². The molecule has 11 heteroatoms. The third-order valence-electron chi connectivity index (χ3n) is 3.13. The minimum atomic E-state index is -0.837. The van der Waals surface area contributed by atoms with Crippen molar-refractivity contribution in [2.45, 2.75) is 13.0 Å². The summed E-state index contributed by atoms with van der Waals surface area (Å²) in [6.07, 6.45) is 0.395. The molecular formula is C15H16BrFN4O4S. The Morgan fingerprint density at radius 2 is 2.19 bits per heavy atom. The van der Waals surface area contributed by atoms with Crippen molar-refractivity contribution in [3.63, 3.8) is 0 Å². The summed E-state index contributed by atoms with van der Waals surface area (Å²) in [6.45, 7) is 0.0441. The Labute approximate surface area is 160 Å². The second kappa shape index (κ2) is 9.46. The van der Waals surface area contributed by atoms with Gasteiger partial charge in [0.2, 0.25) is 5.88 Å². The number of halogens is 2. The Morgan fingerprint density at radius 1 is 1.42 bits per heavy atom. The van der Waals surface area contributed by atoms with Gasteiger partial charge in [-0.25, -0.2) is 9.18 Å². The van der Waals surface area contributed by atoms with Gasteiger partial charge >= 0.3 is 6.03 Å². The second-order valence-corrected chi connectivity index (χ2v) is 6.73. The number of nitrogens with one attached hydrogen (secondary N) is 2. The van der Waals surface area contributed by atoms with Gasteiger partial charge in [-0.15, -0.1) is 0 Å². The van der Waals surface area contributed by atoms with E-state index < -0.39 is 17.8 Å². The zero-order valence-electron chi connectivity index (χ0n) is 13.4. The van der Waals surface area contributed by atoms with Crippen LogP contribution in [0, 0.1) is 5.82 Å². The first-order chi connectivity index (χ1) is 12.4. The SMILES string of the molecule is NC(=O)c1c(OCc2ccc(Br)cc2F)nsc1NC(=O)NCCCO. The standard InChI is InChI=1S/C15H16BrFN4O4S/c16-9-3-2-8(10(17)6-9)7-25-13-11(12(18)23)14(26-21-13)20-15(24)19-4-1-5-22/h2-3,6,22H,1,4-5,7H2,(H2,18,23)(H2,19,20,24). The maximum absolute atomic E-state index is 13.8. The number of hydrogen-bond acceptors (Lipinski definition) is 6. The molecule has 0 atom stereocenters. The van der Waals surface area contributed by atoms with E-state index in [0.717, 1.165) is 11.5 Å². The molecule has 0 aliphatic carbocycles. The molecule has 2 aromatic rings. The van der Waals surface area contributed by atoms with Gasteiger partial charge in [0.25, 0.3) is 5.91 Å². The zero-order valence-corrected chi connectivity index (χ0v) is 15.8. The van der Waals surface area contributed by atoms with E-state index in [2.05, 4.69) is 30.9 Å². The molecule has 0 aliphatic heterocycles. The Hall–Kier alpha value is -2.24. The topological polar surface area (TPSA) is 127 Å². The van der Waals surface area contributed by atoms with Gasteiger partial charge in [-0.2, -0.15) is 4.37 Å². The Bertz CT molecular complexity index is 802. The van der Waals surface area contributed by atoms with Gasteiger partial charge in [-0.3, -0.25) is 10.1 Å². The van der Waals surface area contributed by atoms with Crippen LogP contribution in [0.5, 0.6) is 5.88 Å². The number of amides is 3. The number of hydrogen-bond donors (Lipinski definition) is 4. The van der Waals surface area contributed by atoms with Crippen LogP contribution < -0.4 is 21.1 Å². The highest BCUT2D eigenvalue weighted by Gasteiger charge is 2.22. The van der Waals surface area contributed by atoms with Crippen molar-refractivity contribution in [1.29, 1.82) is 0 Å². The van der Waals surface area contributed by atoms with Gasteiger partial charge in [0.15, 0.2) is 0 Å². The number of urea groups is 1. The molecule has 8 nitrogen and oxygen atoms in total. The highest BCUT2D eigenvalue weighted by atomic mass is 79.9. The number of benzene rings is 1. The van der Waals surface area contributed by atoms with Gasteiger partial charge in [-0.05, 0) is 30.1 Å². The summed E-state index contributed by atoms with van der Waals surface area (Å²) in [7, 11) is 0. The number of aromatic nitrogens is 1. The van der Waals surface area contributed by atoms with Crippen LogP contribution in [0.25, 0.3) is 0 Å². The molecule has 1 aromatic heterocycles. The molecule has 3 amide bonds. The van der Waals surface area contributed by atoms with E-state index in [1.165, 1.54) is 12.1 Å². The van der Waals surface area contributed by atoms with E-state index in [1.54, 1.807) is 6.07 Å². The minimum absolute atomic E-state index is 0.0576. The number of carbonyl (C=O) groups is 2. The van der Waals surface area contributed by atoms with E-state index in [9.17, 15) is 14.0 Å². The van der Waals surface area contributed by atoms with Crippen LogP contribution in [-0.4, -0.2) is 34.6 Å². The molecule has 0 radical (unpaired) electrons. The second-order valence-electron chi connectivity index (χ2n) is 5.04. The molecular weight excluding hydrogens is 431 g/mol. The number of nitrogens with two attached hydrogens (primary N) is 1. The summed E-state index contributed by atoms with van der Waals surface area (Å²) in [4.78, 5) is 23.4. The van der Waals surface area contributed by atoms with Gasteiger partial charge in [-0.1, -0.05) is 22.0 Å². The molecule has 0 aliphatic rings. The lowest BCUT2D eigenvalue weighted by molar-refractivity contribution is 0.0996. The molecule has 1 aromatic carbocycles. The fraction of sp³-hybridized carbons (Fsp3) is 0.267. The summed E-state index contributed by atoms with van der Waals surface area (Å²) in [5.41, 5.74) is 5.52. The fourth-order valence-corrected chi connectivity index (χ4v) is 2.96. The summed E-state index contributed by atoms with van der Waals surface area (Å²) >= 11 is 3.97. The van der Waals surface area contributed by atoms with Gasteiger partial charge in [0, 0.05) is 23.2 Å². The Morgan fingerprint density at radius 3 is 2.85 bits per heavy atom. The number of ether oxygens (including phenoxy) is 1. The fourth-order valence-electron chi connectivity index (χ4n) is 1.89. The lowest BCUT2D eigenvalue weighted by atomic mass is 10.2. The van der Waals surface area contributed by atoms with E-state index >= 15 is 0 Å². The zero-order chi connectivity index (χ0) is 19.1. The first-order valence-electron chi connectivity index (χ1n) is 7.44. The molecule has 0 bridgehead atoms. The highest BCUT2D eigenvalue weighted by Crippen LogP contribution is 2.31. The number of primary amides is 1. The normalized spacial score (nSPS) is 10.4. The molecule has 0 fully saturated rings. The lowest BCUT2D eigenvalue weighted by Crippen LogP contribution is -2.30. The van der Waals surface area contributed by atoms with Crippen molar-refractivity contribution in [2.24, 2.45) is 5.73 Å². The first kappa shape index (κ1) is 20.1. The van der Waals surface area contributed by atoms with Crippen LogP contribution in [0.4, 0.5) is 14.2 Å². The third-order valence-corrected chi connectivity index (χ3v) is 4.37. The molecule has 5 N–H and O–H groups in total. The lowest BCUT2D eigenvalue weighted by Gasteiger charge is -2.08. The number of anilines is 1. The van der Waals surface area contributed by atoms with Crippen molar-refractivity contribution < 1.29 is 23.8 Å². The Kier molecular flexibility index (Phi) is 7.30. The average Bonchev–Trinajstić information content (AvgIpc) is 2.97. The van der Waals surface area contributed by atoms with E-state index in [0.29, 0.717) is 10.9 Å². The van der Waals surface area contributed by atoms with Crippen LogP contribution in [0.2, 0.25) is 0 Å². The quantitative estimate of drug-likeness (QED) is 0.462. The van der Waals surface area contributed by atoms with Gasteiger partial charge in [0.05, 0.1) is 0 Å². The largest absolute Gasteiger partial charge is 0.471 e. The molecule has 26 heavy (non-hydrogen) atoms. The van der Waals surface area contributed by atoms with E-state index in [1.807, 2.05) is 0 Å². The number of nitrogens with zero attached hydrogens (tertiary/aromatic N) is 1. The molecule has 0 saturated heterocycles. The maximum atomic E-state index is 13.8. The predicted molar refractivity (Wildman–Crippen MR) is 97.8 cm³/mol. The predicted octanol–water partition coefficient (Wildman–Crippen LogP) is 2.23. The number of rotatable bonds is 8. The van der Waals surface area contributed by atoms with Crippen molar-refractivity contribution >= 4 is 44.4 Å². The van der Waals surface area contributed by atoms with Crippen LogP contribution >= 0.6 is 27.5 Å². The maximum Gasteiger partial charge on any atom is 0.319 e. The van der Waals surface area contributed by atoms with E-state index in [-0.39, 0.29) is 41.8 Å². The molecule has 0 saturated carbocycles. The molecule has 140 valence electrons. The van der Waals surface area contributed by atoms with Gasteiger partial charge in [0.1, 0.15) is 23.0 Å². The molecule has 0 unspecified atom stereocenters. The van der Waals surface area contributed by atoms with Gasteiger partial charge < -0.3 is 20.9 Å².